The molecule has 7 rings (SSSR count). The predicted molar refractivity (Wildman–Crippen MR) is 162 cm³/mol. The summed E-state index contributed by atoms with van der Waals surface area (Å²) in [6.07, 6.45) is 1.55. The van der Waals surface area contributed by atoms with Gasteiger partial charge >= 0.3 is 0 Å². The molecule has 0 amide bonds. The molecule has 3 aromatic heterocycles. The largest absolute Gasteiger partial charge is 0.495 e. The first kappa shape index (κ1) is 25.3. The van der Waals surface area contributed by atoms with Crippen LogP contribution in [0, 0.1) is 0 Å². The number of para-hydroxylation sites is 2. The van der Waals surface area contributed by atoms with Gasteiger partial charge in [-0.15, -0.1) is 0 Å². The number of likely N-dealkylation sites (N-methyl/N-ethyl adjacent to an activating group) is 1. The lowest BCUT2D eigenvalue weighted by atomic mass is 10.2. The van der Waals surface area contributed by atoms with E-state index in [0.717, 1.165) is 42.9 Å². The highest BCUT2D eigenvalue weighted by Gasteiger charge is 2.21. The average molecular weight is 567 g/mol. The second-order valence-electron chi connectivity index (χ2n) is 10.1. The number of aromatic nitrogens is 5. The number of fused-ring (bicyclic) bond motifs is 5. The van der Waals surface area contributed by atoms with Gasteiger partial charge in [-0.25, -0.2) is 14.5 Å². The lowest BCUT2D eigenvalue weighted by Crippen LogP contribution is -2.44. The van der Waals surface area contributed by atoms with Crippen LogP contribution < -0.4 is 20.5 Å². The maximum atomic E-state index is 14.0. The van der Waals surface area contributed by atoms with Crippen LogP contribution in [-0.2, 0) is 0 Å². The molecule has 10 nitrogen and oxygen atoms in total. The highest BCUT2D eigenvalue weighted by molar-refractivity contribution is 6.30. The summed E-state index contributed by atoms with van der Waals surface area (Å²) in [5.74, 6) is 1.26. The van der Waals surface area contributed by atoms with Gasteiger partial charge in [0.25, 0.3) is 5.56 Å². The molecular weight excluding hydrogens is 540 g/mol. The van der Waals surface area contributed by atoms with Crippen molar-refractivity contribution in [2.75, 3.05) is 50.6 Å². The van der Waals surface area contributed by atoms with Gasteiger partial charge in [-0.2, -0.15) is 4.98 Å². The molecule has 0 spiro atoms. The average Bonchev–Trinajstić information content (AvgIpc) is 3.38. The van der Waals surface area contributed by atoms with Crippen molar-refractivity contribution < 1.29 is 4.74 Å². The number of benzene rings is 3. The Balaban J connectivity index is 1.35. The number of rotatable bonds is 5. The standard InChI is InChI=1S/C30H27ClN8O2/c1-36-13-15-37(16-14-36)21-10-8-20(9-11-21)33-29-32-18-22-27(35-29)38-24-6-4-3-5-23(24)34-30(38)39(28(22)40)25-17-19(31)7-12-26(25)41-2/h3-12,17-18H,13-16H2,1-2H3,(H,32,33,35). The summed E-state index contributed by atoms with van der Waals surface area (Å²) in [5, 5.41) is 4.10. The first-order valence-electron chi connectivity index (χ1n) is 13.3. The maximum Gasteiger partial charge on any atom is 0.270 e. The monoisotopic (exact) mass is 566 g/mol. The molecule has 1 fully saturated rings. The van der Waals surface area contributed by atoms with Crippen molar-refractivity contribution in [2.45, 2.75) is 0 Å². The third-order valence-electron chi connectivity index (χ3n) is 7.53. The number of imidazole rings is 1. The molecule has 0 saturated carbocycles. The van der Waals surface area contributed by atoms with E-state index in [0.29, 0.717) is 39.2 Å². The molecule has 1 saturated heterocycles. The quantitative estimate of drug-likeness (QED) is 0.320. The van der Waals surface area contributed by atoms with E-state index >= 15 is 0 Å². The van der Waals surface area contributed by atoms with E-state index < -0.39 is 0 Å². The summed E-state index contributed by atoms with van der Waals surface area (Å²) in [5.41, 5.74) is 4.17. The summed E-state index contributed by atoms with van der Waals surface area (Å²) in [7, 11) is 3.70. The van der Waals surface area contributed by atoms with E-state index in [9.17, 15) is 4.79 Å². The van der Waals surface area contributed by atoms with Crippen LogP contribution in [0.5, 0.6) is 5.75 Å². The zero-order valence-electron chi connectivity index (χ0n) is 22.6. The van der Waals surface area contributed by atoms with E-state index in [-0.39, 0.29) is 5.56 Å². The third kappa shape index (κ3) is 4.41. The molecule has 0 aliphatic carbocycles. The van der Waals surface area contributed by atoms with Crippen molar-refractivity contribution in [2.24, 2.45) is 0 Å². The van der Waals surface area contributed by atoms with Gasteiger partial charge in [-0.3, -0.25) is 9.20 Å². The zero-order valence-corrected chi connectivity index (χ0v) is 23.3. The van der Waals surface area contributed by atoms with E-state index in [1.807, 2.05) is 40.8 Å². The SMILES string of the molecule is COc1ccc(Cl)cc1-n1c(=O)c2cnc(Nc3ccc(N4CCN(C)CC4)cc3)nc2n2c3ccccc3nc12. The van der Waals surface area contributed by atoms with Gasteiger partial charge in [0.05, 0.1) is 23.8 Å². The number of ether oxygens (including phenoxy) is 1. The smallest absolute Gasteiger partial charge is 0.270 e. The highest BCUT2D eigenvalue weighted by Crippen LogP contribution is 2.30. The minimum absolute atomic E-state index is 0.327. The molecule has 3 aromatic carbocycles. The zero-order chi connectivity index (χ0) is 28.1. The topological polar surface area (TPSA) is 92.8 Å². The molecule has 1 N–H and O–H groups in total. The van der Waals surface area contributed by atoms with Crippen molar-refractivity contribution in [1.82, 2.24) is 28.8 Å². The molecule has 4 heterocycles. The van der Waals surface area contributed by atoms with Crippen LogP contribution in [0.3, 0.4) is 0 Å². The van der Waals surface area contributed by atoms with Crippen LogP contribution >= 0.6 is 11.6 Å². The normalized spacial score (nSPS) is 14.3. The van der Waals surface area contributed by atoms with Gasteiger partial charge in [0.1, 0.15) is 11.1 Å². The van der Waals surface area contributed by atoms with Crippen LogP contribution in [-0.4, -0.2) is 69.2 Å². The second kappa shape index (κ2) is 10.1. The minimum Gasteiger partial charge on any atom is -0.495 e. The lowest BCUT2D eigenvalue weighted by molar-refractivity contribution is 0.313. The molecule has 1 aliphatic rings. The Morgan fingerprint density at radius 2 is 1.73 bits per heavy atom. The van der Waals surface area contributed by atoms with Gasteiger partial charge in [-0.1, -0.05) is 23.7 Å². The van der Waals surface area contributed by atoms with Crippen LogP contribution in [0.2, 0.25) is 5.02 Å². The third-order valence-corrected chi connectivity index (χ3v) is 7.77. The van der Waals surface area contributed by atoms with Crippen LogP contribution in [0.25, 0.3) is 33.5 Å². The maximum absolute atomic E-state index is 14.0. The lowest BCUT2D eigenvalue weighted by Gasteiger charge is -2.34. The summed E-state index contributed by atoms with van der Waals surface area (Å²) in [4.78, 5) is 32.8. The fourth-order valence-electron chi connectivity index (χ4n) is 5.34. The summed E-state index contributed by atoms with van der Waals surface area (Å²) in [6, 6.07) is 21.1. The highest BCUT2D eigenvalue weighted by atomic mass is 35.5. The Morgan fingerprint density at radius 1 is 0.951 bits per heavy atom. The number of nitrogens with zero attached hydrogens (tertiary/aromatic N) is 7. The van der Waals surface area contributed by atoms with E-state index in [1.165, 1.54) is 10.3 Å². The van der Waals surface area contributed by atoms with Crippen molar-refractivity contribution in [3.63, 3.8) is 0 Å². The molecule has 0 unspecified atom stereocenters. The fraction of sp³-hybridized carbons (Fsp3) is 0.200. The number of methoxy groups -OCH3 is 1. The van der Waals surface area contributed by atoms with Gasteiger partial charge in [0, 0.05) is 48.8 Å². The number of piperazine rings is 1. The number of hydrogen-bond acceptors (Lipinski definition) is 8. The Labute approximate surface area is 240 Å². The number of halogens is 1. The number of nitrogens with one attached hydrogen (secondary N) is 1. The van der Waals surface area contributed by atoms with E-state index in [4.69, 9.17) is 26.3 Å². The van der Waals surface area contributed by atoms with Crippen molar-refractivity contribution in [3.05, 3.63) is 88.3 Å². The molecule has 6 aromatic rings. The second-order valence-corrected chi connectivity index (χ2v) is 10.5. The van der Waals surface area contributed by atoms with Crippen molar-refractivity contribution in [1.29, 1.82) is 0 Å². The van der Waals surface area contributed by atoms with Gasteiger partial charge < -0.3 is 19.9 Å². The number of hydrogen-bond donors (Lipinski definition) is 1. The van der Waals surface area contributed by atoms with E-state index in [1.54, 1.807) is 31.5 Å². The molecule has 0 bridgehead atoms. The molecule has 0 atom stereocenters. The first-order valence-corrected chi connectivity index (χ1v) is 13.7. The molecule has 11 heteroatoms. The van der Waals surface area contributed by atoms with Gasteiger partial charge in [0.15, 0.2) is 5.65 Å². The van der Waals surface area contributed by atoms with Crippen LogP contribution in [0.1, 0.15) is 0 Å². The summed E-state index contributed by atoms with van der Waals surface area (Å²) >= 11 is 6.35. The molecular formula is C30H27ClN8O2. The molecule has 206 valence electrons. The number of anilines is 3. The first-order chi connectivity index (χ1) is 20.0. The molecule has 0 radical (unpaired) electrons. The Hall–Kier alpha value is -4.67. The van der Waals surface area contributed by atoms with Crippen molar-refractivity contribution >= 4 is 56.8 Å². The Kier molecular flexibility index (Phi) is 6.21. The fourth-order valence-corrected chi connectivity index (χ4v) is 5.51. The van der Waals surface area contributed by atoms with Crippen molar-refractivity contribution in [3.8, 4) is 11.4 Å². The Bertz CT molecular complexity index is 1980. The van der Waals surface area contributed by atoms with Crippen LogP contribution in [0.15, 0.2) is 77.7 Å². The van der Waals surface area contributed by atoms with Gasteiger partial charge in [0.2, 0.25) is 11.7 Å². The van der Waals surface area contributed by atoms with Gasteiger partial charge in [-0.05, 0) is 61.6 Å². The summed E-state index contributed by atoms with van der Waals surface area (Å²) < 4.78 is 8.95. The van der Waals surface area contributed by atoms with E-state index in [2.05, 4.69) is 39.3 Å². The molecule has 1 aliphatic heterocycles. The minimum atomic E-state index is -0.327. The van der Waals surface area contributed by atoms with Crippen LogP contribution in [0.4, 0.5) is 17.3 Å². The molecule has 41 heavy (non-hydrogen) atoms. The summed E-state index contributed by atoms with van der Waals surface area (Å²) in [6.45, 7) is 4.11. The predicted octanol–water partition coefficient (Wildman–Crippen LogP) is 4.74. The Morgan fingerprint density at radius 3 is 2.51 bits per heavy atom.